The van der Waals surface area contributed by atoms with Gasteiger partial charge in [0, 0.05) is 44.3 Å². The molecule has 25 heavy (non-hydrogen) atoms. The van der Waals surface area contributed by atoms with Crippen molar-refractivity contribution in [2.45, 2.75) is 13.1 Å². The Morgan fingerprint density at radius 1 is 1.04 bits per heavy atom. The lowest BCUT2D eigenvalue weighted by Crippen LogP contribution is -2.22. The summed E-state index contributed by atoms with van der Waals surface area (Å²) in [5.41, 5.74) is 3.28. The van der Waals surface area contributed by atoms with Gasteiger partial charge in [-0.05, 0) is 35.9 Å². The third-order valence-corrected chi connectivity index (χ3v) is 4.03. The number of aromatic nitrogens is 3. The van der Waals surface area contributed by atoms with Crippen molar-refractivity contribution in [1.82, 2.24) is 14.8 Å². The standard InChI is InChI=1S/C19H22N4O2/c1-22-14-17(11-21-22)23(12-15-6-8-20-9-7-15)13-16-10-18(24-2)4-5-19(16)25-3/h4-11,14H,12-13H2,1-3H3. The lowest BCUT2D eigenvalue weighted by molar-refractivity contribution is 0.398. The highest BCUT2D eigenvalue weighted by Crippen LogP contribution is 2.28. The summed E-state index contributed by atoms with van der Waals surface area (Å²) in [5, 5.41) is 4.30. The fourth-order valence-corrected chi connectivity index (χ4v) is 2.73. The molecule has 0 atom stereocenters. The SMILES string of the molecule is COc1ccc(OC)c(CN(Cc2ccncc2)c2cnn(C)c2)c1. The molecule has 0 N–H and O–H groups in total. The second-order valence-corrected chi connectivity index (χ2v) is 5.76. The summed E-state index contributed by atoms with van der Waals surface area (Å²) >= 11 is 0. The van der Waals surface area contributed by atoms with E-state index < -0.39 is 0 Å². The van der Waals surface area contributed by atoms with Crippen molar-refractivity contribution < 1.29 is 9.47 Å². The van der Waals surface area contributed by atoms with Crippen LogP contribution < -0.4 is 14.4 Å². The number of rotatable bonds is 7. The van der Waals surface area contributed by atoms with E-state index >= 15 is 0 Å². The first-order valence-corrected chi connectivity index (χ1v) is 8.03. The molecule has 0 amide bonds. The van der Waals surface area contributed by atoms with Gasteiger partial charge >= 0.3 is 0 Å². The van der Waals surface area contributed by atoms with Gasteiger partial charge in [0.2, 0.25) is 0 Å². The van der Waals surface area contributed by atoms with Crippen LogP contribution >= 0.6 is 0 Å². The largest absolute Gasteiger partial charge is 0.497 e. The number of hydrogen-bond acceptors (Lipinski definition) is 5. The van der Waals surface area contributed by atoms with Crippen molar-refractivity contribution >= 4 is 5.69 Å². The Labute approximate surface area is 147 Å². The quantitative estimate of drug-likeness (QED) is 0.663. The zero-order valence-electron chi connectivity index (χ0n) is 14.7. The minimum absolute atomic E-state index is 0.675. The van der Waals surface area contributed by atoms with Gasteiger partial charge in [-0.25, -0.2) is 0 Å². The predicted octanol–water partition coefficient (Wildman–Crippen LogP) is 3.04. The maximum Gasteiger partial charge on any atom is 0.124 e. The van der Waals surface area contributed by atoms with Crippen LogP contribution in [0.15, 0.2) is 55.1 Å². The van der Waals surface area contributed by atoms with Gasteiger partial charge < -0.3 is 14.4 Å². The normalized spacial score (nSPS) is 10.5. The van der Waals surface area contributed by atoms with Crippen LogP contribution in [0, 0.1) is 0 Å². The molecule has 0 saturated carbocycles. The molecule has 2 aromatic heterocycles. The summed E-state index contributed by atoms with van der Waals surface area (Å²) in [7, 11) is 5.27. The van der Waals surface area contributed by atoms with Crippen LogP contribution in [0.25, 0.3) is 0 Å². The molecular weight excluding hydrogens is 316 g/mol. The molecule has 0 spiro atoms. The lowest BCUT2D eigenvalue weighted by Gasteiger charge is -2.24. The first kappa shape index (κ1) is 16.8. The molecule has 0 saturated heterocycles. The summed E-state index contributed by atoms with van der Waals surface area (Å²) < 4.78 is 12.7. The zero-order chi connectivity index (χ0) is 17.6. The Morgan fingerprint density at radius 2 is 1.84 bits per heavy atom. The number of aryl methyl sites for hydroxylation is 1. The van der Waals surface area contributed by atoms with Crippen molar-refractivity contribution in [3.05, 3.63) is 66.2 Å². The Morgan fingerprint density at radius 3 is 2.48 bits per heavy atom. The molecule has 130 valence electrons. The summed E-state index contributed by atoms with van der Waals surface area (Å²) in [6, 6.07) is 9.88. The second kappa shape index (κ2) is 7.70. The van der Waals surface area contributed by atoms with E-state index in [0.29, 0.717) is 6.54 Å². The molecule has 1 aromatic carbocycles. The van der Waals surface area contributed by atoms with Crippen molar-refractivity contribution in [2.24, 2.45) is 7.05 Å². The van der Waals surface area contributed by atoms with Crippen LogP contribution in [0.2, 0.25) is 0 Å². The molecular formula is C19H22N4O2. The van der Waals surface area contributed by atoms with E-state index in [-0.39, 0.29) is 0 Å². The highest BCUT2D eigenvalue weighted by Gasteiger charge is 2.14. The Kier molecular flexibility index (Phi) is 5.18. The third kappa shape index (κ3) is 4.09. The second-order valence-electron chi connectivity index (χ2n) is 5.76. The Bertz CT molecular complexity index is 817. The van der Waals surface area contributed by atoms with Crippen molar-refractivity contribution in [3.63, 3.8) is 0 Å². The molecule has 0 aliphatic carbocycles. The monoisotopic (exact) mass is 338 g/mol. The number of pyridine rings is 1. The molecule has 0 unspecified atom stereocenters. The molecule has 0 aliphatic rings. The average Bonchev–Trinajstić information content (AvgIpc) is 3.08. The zero-order valence-corrected chi connectivity index (χ0v) is 14.7. The minimum atomic E-state index is 0.675. The van der Waals surface area contributed by atoms with Gasteiger partial charge in [-0.1, -0.05) is 0 Å². The Hall–Kier alpha value is -3.02. The van der Waals surface area contributed by atoms with Gasteiger partial charge in [0.1, 0.15) is 11.5 Å². The van der Waals surface area contributed by atoms with Gasteiger partial charge in [0.05, 0.1) is 26.1 Å². The Balaban J connectivity index is 1.92. The van der Waals surface area contributed by atoms with Crippen LogP contribution in [0.4, 0.5) is 5.69 Å². The smallest absolute Gasteiger partial charge is 0.124 e. The van der Waals surface area contributed by atoms with Gasteiger partial charge in [0.25, 0.3) is 0 Å². The van der Waals surface area contributed by atoms with Crippen LogP contribution in [-0.2, 0) is 20.1 Å². The summed E-state index contributed by atoms with van der Waals surface area (Å²) in [6.07, 6.45) is 7.49. The number of anilines is 1. The van der Waals surface area contributed by atoms with Crippen LogP contribution in [0.3, 0.4) is 0 Å². The van der Waals surface area contributed by atoms with Crippen LogP contribution in [-0.4, -0.2) is 29.0 Å². The molecule has 6 nitrogen and oxygen atoms in total. The number of hydrogen-bond donors (Lipinski definition) is 0. The number of methoxy groups -OCH3 is 2. The number of ether oxygens (including phenoxy) is 2. The van der Waals surface area contributed by atoms with Gasteiger partial charge in [-0.3, -0.25) is 9.67 Å². The van der Waals surface area contributed by atoms with Crippen molar-refractivity contribution in [3.8, 4) is 11.5 Å². The number of benzene rings is 1. The van der Waals surface area contributed by atoms with E-state index in [0.717, 1.165) is 29.3 Å². The maximum atomic E-state index is 5.52. The highest BCUT2D eigenvalue weighted by atomic mass is 16.5. The summed E-state index contributed by atoms with van der Waals surface area (Å²) in [5.74, 6) is 1.65. The molecule has 0 bridgehead atoms. The molecule has 3 aromatic rings. The van der Waals surface area contributed by atoms with E-state index in [1.54, 1.807) is 18.9 Å². The molecule has 0 radical (unpaired) electrons. The highest BCUT2D eigenvalue weighted by molar-refractivity contribution is 5.48. The maximum absolute atomic E-state index is 5.52. The molecule has 0 aliphatic heterocycles. The topological polar surface area (TPSA) is 52.4 Å². The van der Waals surface area contributed by atoms with E-state index in [1.807, 2.05) is 62.2 Å². The lowest BCUT2D eigenvalue weighted by atomic mass is 10.1. The van der Waals surface area contributed by atoms with E-state index in [9.17, 15) is 0 Å². The van der Waals surface area contributed by atoms with Gasteiger partial charge in [0.15, 0.2) is 0 Å². The molecule has 2 heterocycles. The fourth-order valence-electron chi connectivity index (χ4n) is 2.73. The van der Waals surface area contributed by atoms with Gasteiger partial charge in [-0.2, -0.15) is 5.10 Å². The summed E-state index contributed by atoms with van der Waals surface area (Å²) in [4.78, 5) is 6.34. The average molecular weight is 338 g/mol. The first-order valence-electron chi connectivity index (χ1n) is 8.03. The third-order valence-electron chi connectivity index (χ3n) is 4.03. The number of nitrogens with zero attached hydrogens (tertiary/aromatic N) is 4. The van der Waals surface area contributed by atoms with Crippen LogP contribution in [0.5, 0.6) is 11.5 Å². The minimum Gasteiger partial charge on any atom is -0.497 e. The molecule has 3 rings (SSSR count). The molecule has 0 fully saturated rings. The van der Waals surface area contributed by atoms with Crippen molar-refractivity contribution in [2.75, 3.05) is 19.1 Å². The first-order chi connectivity index (χ1) is 12.2. The van der Waals surface area contributed by atoms with Crippen molar-refractivity contribution in [1.29, 1.82) is 0 Å². The van der Waals surface area contributed by atoms with E-state index in [4.69, 9.17) is 9.47 Å². The fraction of sp³-hybridized carbons (Fsp3) is 0.263. The molecule has 6 heteroatoms. The van der Waals surface area contributed by atoms with Crippen LogP contribution in [0.1, 0.15) is 11.1 Å². The van der Waals surface area contributed by atoms with E-state index in [1.165, 1.54) is 5.56 Å². The van der Waals surface area contributed by atoms with Gasteiger partial charge in [-0.15, -0.1) is 0 Å². The predicted molar refractivity (Wildman–Crippen MR) is 96.9 cm³/mol. The van der Waals surface area contributed by atoms with E-state index in [2.05, 4.69) is 15.0 Å². The summed E-state index contributed by atoms with van der Waals surface area (Å²) in [6.45, 7) is 1.42.